The molecule has 1 aliphatic heterocycles. The van der Waals surface area contributed by atoms with E-state index in [9.17, 15) is 55.1 Å². The van der Waals surface area contributed by atoms with E-state index in [2.05, 4.69) is 5.32 Å². The SMILES string of the molecule is O=C(C[C@@H]1CCc2cc(C(O)(C(F)(F)F)C(F)(F)F)ccc2N1S(=O)c1ccc(F)cc1)NC1CCCC(O)[C@H]1O. The van der Waals surface area contributed by atoms with E-state index in [1.165, 1.54) is 16.4 Å². The number of benzene rings is 2. The first-order valence-corrected chi connectivity index (χ1v) is 13.8. The summed E-state index contributed by atoms with van der Waals surface area (Å²) in [5.41, 5.74) is -6.73. The predicted molar refractivity (Wildman–Crippen MR) is 132 cm³/mol. The molecule has 226 valence electrons. The number of halogens is 7. The Balaban J connectivity index is 1.69. The Morgan fingerprint density at radius 1 is 0.976 bits per heavy atom. The van der Waals surface area contributed by atoms with Crippen LogP contribution < -0.4 is 9.62 Å². The van der Waals surface area contributed by atoms with Crippen LogP contribution in [0.2, 0.25) is 0 Å². The molecule has 0 bridgehead atoms. The van der Waals surface area contributed by atoms with Gasteiger partial charge in [-0.05, 0) is 68.0 Å². The third-order valence-electron chi connectivity index (χ3n) is 7.42. The van der Waals surface area contributed by atoms with E-state index in [4.69, 9.17) is 0 Å². The minimum Gasteiger partial charge on any atom is -0.390 e. The summed E-state index contributed by atoms with van der Waals surface area (Å²) in [7, 11) is -2.18. The van der Waals surface area contributed by atoms with Crippen LogP contribution in [0.3, 0.4) is 0 Å². The van der Waals surface area contributed by atoms with Crippen molar-refractivity contribution >= 4 is 22.6 Å². The second-order valence-electron chi connectivity index (χ2n) is 10.1. The number of aliphatic hydroxyl groups excluding tert-OH is 2. The van der Waals surface area contributed by atoms with Gasteiger partial charge in [0.15, 0.2) is 11.0 Å². The van der Waals surface area contributed by atoms with Crippen LogP contribution in [0.15, 0.2) is 47.4 Å². The molecule has 2 aromatic carbocycles. The molecular formula is C26H27F7N2O5S. The topological polar surface area (TPSA) is 110 Å². The third kappa shape index (κ3) is 6.08. The molecule has 2 aromatic rings. The van der Waals surface area contributed by atoms with Gasteiger partial charge < -0.3 is 20.6 Å². The summed E-state index contributed by atoms with van der Waals surface area (Å²) in [6, 6.07) is 4.68. The maximum absolute atomic E-state index is 13.7. The van der Waals surface area contributed by atoms with Crippen LogP contribution in [-0.4, -0.2) is 62.1 Å². The van der Waals surface area contributed by atoms with E-state index in [1.54, 1.807) is 0 Å². The summed E-state index contributed by atoms with van der Waals surface area (Å²) in [5, 5.41) is 32.6. The van der Waals surface area contributed by atoms with Crippen molar-refractivity contribution in [1.82, 2.24) is 5.32 Å². The average molecular weight is 613 g/mol. The van der Waals surface area contributed by atoms with Crippen molar-refractivity contribution in [3.63, 3.8) is 0 Å². The molecule has 7 nitrogen and oxygen atoms in total. The number of nitrogens with one attached hydrogen (secondary N) is 1. The highest BCUT2D eigenvalue weighted by Gasteiger charge is 2.71. The average Bonchev–Trinajstić information content (AvgIpc) is 2.89. The number of carbonyl (C=O) groups is 1. The van der Waals surface area contributed by atoms with Gasteiger partial charge in [0.25, 0.3) is 5.60 Å². The zero-order chi connectivity index (χ0) is 30.3. The Labute approximate surface area is 232 Å². The monoisotopic (exact) mass is 612 g/mol. The van der Waals surface area contributed by atoms with Crippen LogP contribution >= 0.6 is 0 Å². The molecule has 3 unspecified atom stereocenters. The number of carbonyl (C=O) groups excluding carboxylic acids is 1. The minimum absolute atomic E-state index is 0.0247. The summed E-state index contributed by atoms with van der Waals surface area (Å²) in [4.78, 5) is 13.0. The van der Waals surface area contributed by atoms with Crippen molar-refractivity contribution in [2.45, 2.75) is 85.7 Å². The molecular weight excluding hydrogens is 585 g/mol. The van der Waals surface area contributed by atoms with Gasteiger partial charge in [0, 0.05) is 12.0 Å². The number of hydrogen-bond donors (Lipinski definition) is 4. The highest BCUT2D eigenvalue weighted by Crippen LogP contribution is 2.51. The number of fused-ring (bicyclic) bond motifs is 1. The molecule has 2 aliphatic rings. The van der Waals surface area contributed by atoms with E-state index in [1.807, 2.05) is 0 Å². The second kappa shape index (κ2) is 11.5. The van der Waals surface area contributed by atoms with Gasteiger partial charge in [0.1, 0.15) is 5.82 Å². The van der Waals surface area contributed by atoms with Crippen LogP contribution in [0.5, 0.6) is 0 Å². The van der Waals surface area contributed by atoms with Gasteiger partial charge in [-0.2, -0.15) is 26.3 Å². The summed E-state index contributed by atoms with van der Waals surface area (Å²) >= 11 is 0. The normalized spacial score (nSPS) is 24.5. The Kier molecular flexibility index (Phi) is 8.75. The highest BCUT2D eigenvalue weighted by atomic mass is 32.2. The summed E-state index contributed by atoms with van der Waals surface area (Å²) in [6.45, 7) is 0. The number of rotatable bonds is 6. The van der Waals surface area contributed by atoms with Crippen molar-refractivity contribution in [3.05, 3.63) is 59.4 Å². The third-order valence-corrected chi connectivity index (χ3v) is 8.94. The van der Waals surface area contributed by atoms with Crippen LogP contribution in [0.25, 0.3) is 0 Å². The molecule has 1 saturated carbocycles. The smallest absolute Gasteiger partial charge is 0.390 e. The Morgan fingerprint density at radius 2 is 1.61 bits per heavy atom. The second-order valence-corrected chi connectivity index (χ2v) is 11.5. The molecule has 4 N–H and O–H groups in total. The molecule has 0 spiro atoms. The van der Waals surface area contributed by atoms with Gasteiger partial charge in [0.2, 0.25) is 5.91 Å². The van der Waals surface area contributed by atoms with E-state index in [-0.39, 0.29) is 35.4 Å². The first kappa shape index (κ1) is 31.2. The van der Waals surface area contributed by atoms with Crippen LogP contribution in [0.1, 0.15) is 43.2 Å². The lowest BCUT2D eigenvalue weighted by atomic mass is 9.87. The Bertz CT molecular complexity index is 1270. The molecule has 0 radical (unpaired) electrons. The summed E-state index contributed by atoms with van der Waals surface area (Å²) in [6.07, 6.45) is -13.6. The molecule has 1 amide bonds. The standard InChI is InChI=1S/C26H27F7N2O5S/c27-16-6-9-18(10-7-16)41(40)35-17(13-22(37)34-19-2-1-3-21(36)23(19)38)8-4-14-12-15(5-11-20(14)35)24(39,25(28,29)30)26(31,32)33/h5-7,9-12,17,19,21,23,36,38-39H,1-4,8,13H2,(H,34,37)/t17-,19?,21?,23-,41?/m0/s1. The van der Waals surface area contributed by atoms with Crippen LogP contribution in [0.4, 0.5) is 36.4 Å². The number of alkyl halides is 6. The largest absolute Gasteiger partial charge is 0.430 e. The van der Waals surface area contributed by atoms with Crippen LogP contribution in [0, 0.1) is 5.82 Å². The lowest BCUT2D eigenvalue weighted by Crippen LogP contribution is -2.54. The number of hydrogen-bond acceptors (Lipinski definition) is 5. The van der Waals surface area contributed by atoms with Gasteiger partial charge in [-0.15, -0.1) is 0 Å². The Hall–Kier alpha value is -2.75. The molecule has 1 aliphatic carbocycles. The zero-order valence-electron chi connectivity index (χ0n) is 21.3. The fourth-order valence-electron chi connectivity index (χ4n) is 5.22. The molecule has 15 heteroatoms. The maximum atomic E-state index is 13.7. The van der Waals surface area contributed by atoms with Crippen LogP contribution in [-0.2, 0) is 27.8 Å². The molecule has 0 saturated heterocycles. The summed E-state index contributed by atoms with van der Waals surface area (Å²) < 4.78 is 109. The Morgan fingerprint density at radius 3 is 2.22 bits per heavy atom. The minimum atomic E-state index is -6.09. The molecule has 41 heavy (non-hydrogen) atoms. The number of nitrogens with zero attached hydrogens (tertiary/aromatic N) is 1. The van der Waals surface area contributed by atoms with Gasteiger partial charge in [-0.3, -0.25) is 9.10 Å². The lowest BCUT2D eigenvalue weighted by molar-refractivity contribution is -0.376. The zero-order valence-corrected chi connectivity index (χ0v) is 22.1. The molecule has 0 aromatic heterocycles. The quantitative estimate of drug-likeness (QED) is 0.372. The number of aryl methyl sites for hydroxylation is 1. The predicted octanol–water partition coefficient (Wildman–Crippen LogP) is 3.76. The van der Waals surface area contributed by atoms with Gasteiger partial charge in [0.05, 0.1) is 34.9 Å². The van der Waals surface area contributed by atoms with Crippen molar-refractivity contribution in [1.29, 1.82) is 0 Å². The first-order chi connectivity index (χ1) is 19.0. The van der Waals surface area contributed by atoms with Crippen molar-refractivity contribution in [2.75, 3.05) is 4.31 Å². The van der Waals surface area contributed by atoms with Gasteiger partial charge in [-0.25, -0.2) is 8.60 Å². The van der Waals surface area contributed by atoms with E-state index < -0.39 is 70.5 Å². The number of aliphatic hydroxyl groups is 3. The fourth-order valence-corrected chi connectivity index (χ4v) is 6.62. The lowest BCUT2D eigenvalue weighted by Gasteiger charge is -2.39. The summed E-state index contributed by atoms with van der Waals surface area (Å²) in [5.74, 6) is -1.23. The number of anilines is 1. The fraction of sp³-hybridized carbons (Fsp3) is 0.500. The van der Waals surface area contributed by atoms with E-state index >= 15 is 0 Å². The highest BCUT2D eigenvalue weighted by molar-refractivity contribution is 7.86. The van der Waals surface area contributed by atoms with Crippen molar-refractivity contribution < 1.29 is 55.1 Å². The first-order valence-electron chi connectivity index (χ1n) is 12.7. The van der Waals surface area contributed by atoms with Crippen molar-refractivity contribution in [3.8, 4) is 0 Å². The van der Waals surface area contributed by atoms with E-state index in [0.717, 1.165) is 18.2 Å². The van der Waals surface area contributed by atoms with Gasteiger partial charge >= 0.3 is 12.4 Å². The molecule has 4 rings (SSSR count). The van der Waals surface area contributed by atoms with E-state index in [0.29, 0.717) is 31.4 Å². The van der Waals surface area contributed by atoms with Crippen molar-refractivity contribution in [2.24, 2.45) is 0 Å². The van der Waals surface area contributed by atoms with Gasteiger partial charge in [-0.1, -0.05) is 12.1 Å². The maximum Gasteiger partial charge on any atom is 0.430 e. The molecule has 5 atom stereocenters. The molecule has 1 heterocycles. The number of amides is 1. The molecule has 1 fully saturated rings.